The van der Waals surface area contributed by atoms with Gasteiger partial charge in [0.2, 0.25) is 0 Å². The van der Waals surface area contributed by atoms with Gasteiger partial charge in [0.1, 0.15) is 11.8 Å². The highest BCUT2D eigenvalue weighted by atomic mass is 79.9. The van der Waals surface area contributed by atoms with Crippen molar-refractivity contribution in [2.45, 2.75) is 36.6 Å². The standard InChI is InChI=1S/C15H16BrNO2/c16-10-5-7-11(8-6-10)17-15(18)13-9-19-14-4-2-1-3-12(13)14/h1-4,9-11H,5-8H2,(H,17,18). The third kappa shape index (κ3) is 2.68. The molecule has 0 spiro atoms. The second-order valence-corrected chi connectivity index (χ2v) is 6.36. The lowest BCUT2D eigenvalue weighted by Gasteiger charge is -2.25. The fourth-order valence-corrected chi connectivity index (χ4v) is 3.14. The largest absolute Gasteiger partial charge is 0.463 e. The molecule has 1 fully saturated rings. The molecule has 0 saturated heterocycles. The highest BCUT2D eigenvalue weighted by Crippen LogP contribution is 2.25. The number of furan rings is 1. The average Bonchev–Trinajstić information content (AvgIpc) is 2.85. The van der Waals surface area contributed by atoms with Crippen LogP contribution in [0.4, 0.5) is 0 Å². The van der Waals surface area contributed by atoms with E-state index in [1.165, 1.54) is 0 Å². The summed E-state index contributed by atoms with van der Waals surface area (Å²) in [6.45, 7) is 0. The van der Waals surface area contributed by atoms with Gasteiger partial charge in [-0.15, -0.1) is 0 Å². The topological polar surface area (TPSA) is 42.2 Å². The van der Waals surface area contributed by atoms with Crippen LogP contribution in [0.15, 0.2) is 34.9 Å². The Bertz CT molecular complexity index is 585. The number of carbonyl (C=O) groups excluding carboxylic acids is 1. The zero-order valence-corrected chi connectivity index (χ0v) is 12.2. The van der Waals surface area contributed by atoms with Crippen molar-refractivity contribution < 1.29 is 9.21 Å². The van der Waals surface area contributed by atoms with Gasteiger partial charge in [0, 0.05) is 16.3 Å². The van der Waals surface area contributed by atoms with Gasteiger partial charge in [-0.2, -0.15) is 0 Å². The van der Waals surface area contributed by atoms with Crippen LogP contribution in [0.3, 0.4) is 0 Å². The summed E-state index contributed by atoms with van der Waals surface area (Å²) in [6, 6.07) is 7.91. The minimum atomic E-state index is -0.0250. The van der Waals surface area contributed by atoms with Gasteiger partial charge in [0.25, 0.3) is 5.91 Å². The fraction of sp³-hybridized carbons (Fsp3) is 0.400. The Balaban J connectivity index is 1.73. The second kappa shape index (κ2) is 5.37. The van der Waals surface area contributed by atoms with E-state index in [1.807, 2.05) is 24.3 Å². The van der Waals surface area contributed by atoms with E-state index in [2.05, 4.69) is 21.2 Å². The summed E-state index contributed by atoms with van der Waals surface area (Å²) in [6.07, 6.45) is 5.87. The highest BCUT2D eigenvalue weighted by molar-refractivity contribution is 9.09. The molecule has 4 heteroatoms. The lowest BCUT2D eigenvalue weighted by atomic mass is 9.95. The Labute approximate surface area is 120 Å². The second-order valence-electron chi connectivity index (χ2n) is 5.07. The molecule has 2 aromatic rings. The van der Waals surface area contributed by atoms with Gasteiger partial charge in [0.15, 0.2) is 0 Å². The molecule has 3 nitrogen and oxygen atoms in total. The summed E-state index contributed by atoms with van der Waals surface area (Å²) in [5.41, 5.74) is 1.40. The van der Waals surface area contributed by atoms with Crippen LogP contribution in [0, 0.1) is 0 Å². The van der Waals surface area contributed by atoms with Gasteiger partial charge in [-0.1, -0.05) is 34.1 Å². The molecule has 1 saturated carbocycles. The monoisotopic (exact) mass is 321 g/mol. The summed E-state index contributed by atoms with van der Waals surface area (Å²) < 4.78 is 5.41. The first-order valence-electron chi connectivity index (χ1n) is 6.65. The van der Waals surface area contributed by atoms with Crippen molar-refractivity contribution in [1.82, 2.24) is 5.32 Å². The molecule has 100 valence electrons. The van der Waals surface area contributed by atoms with Gasteiger partial charge in [-0.3, -0.25) is 4.79 Å². The smallest absolute Gasteiger partial charge is 0.255 e. The van der Waals surface area contributed by atoms with Crippen molar-refractivity contribution in [3.8, 4) is 0 Å². The van der Waals surface area contributed by atoms with Crippen molar-refractivity contribution in [3.05, 3.63) is 36.1 Å². The van der Waals surface area contributed by atoms with E-state index in [9.17, 15) is 4.79 Å². The molecule has 0 bridgehead atoms. The molecule has 1 aliphatic rings. The summed E-state index contributed by atoms with van der Waals surface area (Å²) >= 11 is 3.63. The van der Waals surface area contributed by atoms with Gasteiger partial charge >= 0.3 is 0 Å². The summed E-state index contributed by atoms with van der Waals surface area (Å²) in [4.78, 5) is 12.9. The molecule has 0 radical (unpaired) electrons. The number of rotatable bonds is 2. The number of para-hydroxylation sites is 1. The van der Waals surface area contributed by atoms with E-state index in [4.69, 9.17) is 4.42 Å². The molecule has 0 unspecified atom stereocenters. The third-order valence-corrected chi connectivity index (χ3v) is 4.63. The zero-order valence-electron chi connectivity index (χ0n) is 10.6. The molecule has 3 rings (SSSR count). The lowest BCUT2D eigenvalue weighted by molar-refractivity contribution is 0.0929. The maximum atomic E-state index is 12.3. The maximum Gasteiger partial charge on any atom is 0.255 e. The summed E-state index contributed by atoms with van der Waals surface area (Å²) in [5, 5.41) is 4.00. The molecule has 19 heavy (non-hydrogen) atoms. The molecule has 0 aliphatic heterocycles. The van der Waals surface area contributed by atoms with Crippen LogP contribution in [0.25, 0.3) is 11.0 Å². The number of amides is 1. The van der Waals surface area contributed by atoms with E-state index < -0.39 is 0 Å². The Hall–Kier alpha value is -1.29. The molecule has 1 heterocycles. The predicted octanol–water partition coefficient (Wildman–Crippen LogP) is 3.87. The number of fused-ring (bicyclic) bond motifs is 1. The van der Waals surface area contributed by atoms with Crippen molar-refractivity contribution in [2.24, 2.45) is 0 Å². The van der Waals surface area contributed by atoms with Crippen molar-refractivity contribution in [2.75, 3.05) is 0 Å². The third-order valence-electron chi connectivity index (χ3n) is 3.72. The van der Waals surface area contributed by atoms with Gasteiger partial charge < -0.3 is 9.73 Å². The van der Waals surface area contributed by atoms with Crippen molar-refractivity contribution in [1.29, 1.82) is 0 Å². The van der Waals surface area contributed by atoms with E-state index in [0.717, 1.165) is 36.7 Å². The number of benzene rings is 1. The fourth-order valence-electron chi connectivity index (χ4n) is 2.61. The Kier molecular flexibility index (Phi) is 3.60. The molecule has 0 atom stereocenters. The van der Waals surface area contributed by atoms with Gasteiger partial charge in [0.05, 0.1) is 5.56 Å². The molecule has 1 N–H and O–H groups in total. The molecular weight excluding hydrogens is 306 g/mol. The van der Waals surface area contributed by atoms with Crippen LogP contribution in [-0.2, 0) is 0 Å². The SMILES string of the molecule is O=C(NC1CCC(Br)CC1)c1coc2ccccc12. The van der Waals surface area contributed by atoms with E-state index >= 15 is 0 Å². The van der Waals surface area contributed by atoms with Gasteiger partial charge in [-0.25, -0.2) is 0 Å². The first-order chi connectivity index (χ1) is 9.24. The first kappa shape index (κ1) is 12.7. The zero-order chi connectivity index (χ0) is 13.2. The molecule has 1 aliphatic carbocycles. The highest BCUT2D eigenvalue weighted by Gasteiger charge is 2.22. The van der Waals surface area contributed by atoms with Crippen LogP contribution < -0.4 is 5.32 Å². The van der Waals surface area contributed by atoms with E-state index in [0.29, 0.717) is 10.4 Å². The Morgan fingerprint density at radius 1 is 1.21 bits per heavy atom. The first-order valence-corrected chi connectivity index (χ1v) is 7.57. The lowest BCUT2D eigenvalue weighted by Crippen LogP contribution is -2.37. The molecule has 1 aromatic carbocycles. The minimum absolute atomic E-state index is 0.0250. The van der Waals surface area contributed by atoms with E-state index in [-0.39, 0.29) is 11.9 Å². The summed E-state index contributed by atoms with van der Waals surface area (Å²) in [7, 11) is 0. The molecular formula is C15H16BrNO2. The number of alkyl halides is 1. The Morgan fingerprint density at radius 3 is 2.74 bits per heavy atom. The molecule has 1 amide bonds. The van der Waals surface area contributed by atoms with Crippen LogP contribution in [0.1, 0.15) is 36.0 Å². The van der Waals surface area contributed by atoms with Crippen LogP contribution in [0.5, 0.6) is 0 Å². The van der Waals surface area contributed by atoms with Crippen LogP contribution >= 0.6 is 15.9 Å². The quantitative estimate of drug-likeness (QED) is 0.853. The number of hydrogen-bond acceptors (Lipinski definition) is 2. The van der Waals surface area contributed by atoms with Crippen molar-refractivity contribution >= 4 is 32.8 Å². The predicted molar refractivity (Wildman–Crippen MR) is 78.7 cm³/mol. The normalized spacial score (nSPS) is 23.4. The number of halogens is 1. The maximum absolute atomic E-state index is 12.3. The average molecular weight is 322 g/mol. The summed E-state index contributed by atoms with van der Waals surface area (Å²) in [5.74, 6) is -0.0250. The van der Waals surface area contributed by atoms with Crippen molar-refractivity contribution in [3.63, 3.8) is 0 Å². The number of hydrogen-bond donors (Lipinski definition) is 1. The van der Waals surface area contributed by atoms with Crippen LogP contribution in [0.2, 0.25) is 0 Å². The minimum Gasteiger partial charge on any atom is -0.463 e. The number of carbonyl (C=O) groups is 1. The molecule has 1 aromatic heterocycles. The van der Waals surface area contributed by atoms with Crippen LogP contribution in [-0.4, -0.2) is 16.8 Å². The van der Waals surface area contributed by atoms with E-state index in [1.54, 1.807) is 6.26 Å². The number of nitrogens with one attached hydrogen (secondary N) is 1. The van der Waals surface area contributed by atoms with Gasteiger partial charge in [-0.05, 0) is 31.7 Å². The Morgan fingerprint density at radius 2 is 1.95 bits per heavy atom.